The average Bonchev–Trinajstić information content (AvgIpc) is 3.22. The van der Waals surface area contributed by atoms with Crippen LogP contribution in [0.25, 0.3) is 16.9 Å². The maximum absolute atomic E-state index is 14.5. The highest BCUT2D eigenvalue weighted by Gasteiger charge is 2.44. The Labute approximate surface area is 196 Å². The molecule has 0 unspecified atom stereocenters. The molecule has 3 aromatic rings. The Hall–Kier alpha value is -2.83. The molecule has 12 heteroatoms. The van der Waals surface area contributed by atoms with Crippen molar-refractivity contribution < 1.29 is 26.7 Å². The number of nitrogen functional groups attached to an aromatic ring is 1. The fourth-order valence-corrected chi connectivity index (χ4v) is 6.11. The number of hydrogen-bond donors (Lipinski definition) is 1. The van der Waals surface area contributed by atoms with Crippen LogP contribution in [0.1, 0.15) is 19.8 Å². The Bertz CT molecular complexity index is 1320. The van der Waals surface area contributed by atoms with Gasteiger partial charge in [0.2, 0.25) is 5.95 Å². The second-order valence-electron chi connectivity index (χ2n) is 8.56. The molecule has 34 heavy (non-hydrogen) atoms. The average molecular weight is 496 g/mol. The number of ether oxygens (including phenoxy) is 2. The number of hydrogen-bond acceptors (Lipinski definition) is 8. The van der Waals surface area contributed by atoms with Crippen LogP contribution in [0.2, 0.25) is 0 Å². The number of nitrogens with zero attached hydrogens (tertiary/aromatic N) is 4. The summed E-state index contributed by atoms with van der Waals surface area (Å²) in [4.78, 5) is 9.73. The summed E-state index contributed by atoms with van der Waals surface area (Å²) in [6.07, 6.45) is 3.52. The monoisotopic (exact) mass is 495 g/mol. The van der Waals surface area contributed by atoms with Crippen molar-refractivity contribution in [3.05, 3.63) is 36.3 Å². The number of sulfone groups is 1. The second-order valence-corrected chi connectivity index (χ2v) is 11.0. The lowest BCUT2D eigenvalue weighted by Crippen LogP contribution is -2.48. The molecule has 3 aromatic heterocycles. The molecule has 0 spiro atoms. The summed E-state index contributed by atoms with van der Waals surface area (Å²) >= 11 is 0. The van der Waals surface area contributed by atoms with Crippen molar-refractivity contribution in [1.29, 1.82) is 0 Å². The highest BCUT2D eigenvalue weighted by molar-refractivity contribution is 7.93. The molecular weight excluding hydrogens is 468 g/mol. The van der Waals surface area contributed by atoms with Crippen LogP contribution in [0.15, 0.2) is 29.4 Å². The first-order chi connectivity index (χ1) is 16.1. The SMILES string of the molecule is COCCN1CCC(C)(S(=O)(=O)c2cn3c(-c4cc(F)c(N)nc4F)cnc3cc2OC)CC1. The third-order valence-corrected chi connectivity index (χ3v) is 9.08. The first-order valence-electron chi connectivity index (χ1n) is 10.7. The summed E-state index contributed by atoms with van der Waals surface area (Å²) in [6, 6.07) is 2.38. The number of piperidine rings is 1. The van der Waals surface area contributed by atoms with Crippen LogP contribution in [-0.4, -0.2) is 72.9 Å². The maximum atomic E-state index is 14.5. The quantitative estimate of drug-likeness (QED) is 0.498. The molecule has 0 atom stereocenters. The lowest BCUT2D eigenvalue weighted by atomic mass is 9.98. The van der Waals surface area contributed by atoms with Gasteiger partial charge in [-0.05, 0) is 38.9 Å². The molecule has 0 saturated carbocycles. The van der Waals surface area contributed by atoms with E-state index in [1.807, 2.05) is 0 Å². The van der Waals surface area contributed by atoms with Gasteiger partial charge in [-0.3, -0.25) is 4.40 Å². The normalized spacial score (nSPS) is 16.7. The first kappa shape index (κ1) is 24.3. The Morgan fingerprint density at radius 1 is 1.21 bits per heavy atom. The minimum atomic E-state index is -3.88. The molecule has 0 radical (unpaired) electrons. The van der Waals surface area contributed by atoms with E-state index in [4.69, 9.17) is 15.2 Å². The molecule has 1 fully saturated rings. The molecule has 2 N–H and O–H groups in total. The largest absolute Gasteiger partial charge is 0.495 e. The van der Waals surface area contributed by atoms with Gasteiger partial charge in [-0.15, -0.1) is 0 Å². The lowest BCUT2D eigenvalue weighted by molar-refractivity contribution is 0.127. The molecule has 0 aromatic carbocycles. The zero-order valence-electron chi connectivity index (χ0n) is 19.2. The molecule has 1 aliphatic heterocycles. The van der Waals surface area contributed by atoms with Gasteiger partial charge in [0.25, 0.3) is 0 Å². The van der Waals surface area contributed by atoms with E-state index in [0.717, 1.165) is 12.6 Å². The Balaban J connectivity index is 1.78. The molecule has 0 aliphatic carbocycles. The van der Waals surface area contributed by atoms with E-state index in [2.05, 4.69) is 14.9 Å². The number of nitrogens with two attached hydrogens (primary N) is 1. The van der Waals surface area contributed by atoms with Gasteiger partial charge < -0.3 is 20.1 Å². The number of anilines is 1. The minimum absolute atomic E-state index is 0.0427. The summed E-state index contributed by atoms with van der Waals surface area (Å²) in [5.74, 6) is -2.31. The number of halogens is 2. The topological polar surface area (TPSA) is 112 Å². The van der Waals surface area contributed by atoms with E-state index in [-0.39, 0.29) is 21.9 Å². The summed E-state index contributed by atoms with van der Waals surface area (Å²) in [5, 5.41) is 0. The van der Waals surface area contributed by atoms with Crippen LogP contribution in [0.4, 0.5) is 14.6 Å². The molecule has 1 aliphatic rings. The number of rotatable bonds is 7. The zero-order chi connectivity index (χ0) is 24.7. The van der Waals surface area contributed by atoms with Crippen molar-refractivity contribution in [2.75, 3.05) is 46.2 Å². The Morgan fingerprint density at radius 2 is 1.91 bits per heavy atom. The molecule has 184 valence electrons. The lowest BCUT2D eigenvalue weighted by Gasteiger charge is -2.38. The minimum Gasteiger partial charge on any atom is -0.495 e. The first-order valence-corrected chi connectivity index (χ1v) is 12.2. The van der Waals surface area contributed by atoms with Crippen molar-refractivity contribution in [2.45, 2.75) is 29.4 Å². The van der Waals surface area contributed by atoms with E-state index in [0.29, 0.717) is 38.2 Å². The van der Waals surface area contributed by atoms with E-state index in [1.165, 1.54) is 30.0 Å². The van der Waals surface area contributed by atoms with Gasteiger partial charge in [0.05, 0.1) is 35.9 Å². The van der Waals surface area contributed by atoms with Gasteiger partial charge in [-0.2, -0.15) is 9.37 Å². The summed E-state index contributed by atoms with van der Waals surface area (Å²) in [5.41, 5.74) is 5.61. The van der Waals surface area contributed by atoms with E-state index >= 15 is 0 Å². The summed E-state index contributed by atoms with van der Waals surface area (Å²) in [6.45, 7) is 4.27. The van der Waals surface area contributed by atoms with Crippen LogP contribution in [-0.2, 0) is 14.6 Å². The zero-order valence-corrected chi connectivity index (χ0v) is 20.0. The molecule has 4 heterocycles. The molecule has 0 amide bonds. The Kier molecular flexibility index (Phi) is 6.49. The Morgan fingerprint density at radius 3 is 2.56 bits per heavy atom. The molecule has 1 saturated heterocycles. The van der Waals surface area contributed by atoms with E-state index in [9.17, 15) is 17.2 Å². The van der Waals surface area contributed by atoms with Crippen LogP contribution in [0.5, 0.6) is 5.75 Å². The number of likely N-dealkylation sites (tertiary alicyclic amines) is 1. The van der Waals surface area contributed by atoms with Crippen LogP contribution < -0.4 is 10.5 Å². The van der Waals surface area contributed by atoms with E-state index in [1.54, 1.807) is 14.0 Å². The summed E-state index contributed by atoms with van der Waals surface area (Å²) in [7, 11) is -0.867. The summed E-state index contributed by atoms with van der Waals surface area (Å²) < 4.78 is 67.2. The van der Waals surface area contributed by atoms with Crippen LogP contribution >= 0.6 is 0 Å². The molecule has 4 rings (SSSR count). The van der Waals surface area contributed by atoms with Crippen LogP contribution in [0.3, 0.4) is 0 Å². The smallest absolute Gasteiger partial charge is 0.224 e. The third-order valence-electron chi connectivity index (χ3n) is 6.49. The predicted molar refractivity (Wildman–Crippen MR) is 122 cm³/mol. The van der Waals surface area contributed by atoms with Gasteiger partial charge in [-0.25, -0.2) is 17.8 Å². The van der Waals surface area contributed by atoms with Crippen molar-refractivity contribution in [2.24, 2.45) is 0 Å². The van der Waals surface area contributed by atoms with Crippen molar-refractivity contribution >= 4 is 21.3 Å². The van der Waals surface area contributed by atoms with E-state index < -0.39 is 32.2 Å². The fraction of sp³-hybridized carbons (Fsp3) is 0.455. The van der Waals surface area contributed by atoms with Crippen molar-refractivity contribution in [1.82, 2.24) is 19.3 Å². The van der Waals surface area contributed by atoms with Gasteiger partial charge in [-0.1, -0.05) is 0 Å². The second kappa shape index (κ2) is 9.08. The maximum Gasteiger partial charge on any atom is 0.224 e. The number of pyridine rings is 2. The third kappa shape index (κ3) is 4.10. The number of aromatic nitrogens is 3. The van der Waals surface area contributed by atoms with Crippen LogP contribution in [0, 0.1) is 11.8 Å². The van der Waals surface area contributed by atoms with Gasteiger partial charge >= 0.3 is 0 Å². The van der Waals surface area contributed by atoms with Crippen molar-refractivity contribution in [3.63, 3.8) is 0 Å². The number of imidazole rings is 1. The van der Waals surface area contributed by atoms with Gasteiger partial charge in [0.15, 0.2) is 21.5 Å². The molecule has 9 nitrogen and oxygen atoms in total. The highest BCUT2D eigenvalue weighted by Crippen LogP contribution is 2.39. The fourth-order valence-electron chi connectivity index (χ4n) is 4.21. The number of methoxy groups -OCH3 is 2. The molecular formula is C22H27F2N5O4S. The van der Waals surface area contributed by atoms with Gasteiger partial charge in [0, 0.05) is 25.9 Å². The molecule has 0 bridgehead atoms. The highest BCUT2D eigenvalue weighted by atomic mass is 32.2. The number of fused-ring (bicyclic) bond motifs is 1. The van der Waals surface area contributed by atoms with Gasteiger partial charge in [0.1, 0.15) is 16.3 Å². The van der Waals surface area contributed by atoms with Crippen molar-refractivity contribution in [3.8, 4) is 17.0 Å². The standard InChI is InChI=1S/C22H27F2N5O4S/c1-22(4-6-28(7-5-22)8-9-32-2)34(30,31)18-13-29-16(12-26-19(29)11-17(18)33-3)14-10-15(23)21(25)27-20(14)24/h10-13H,4-9H2,1-3H3,(H2,25,27). The predicted octanol–water partition coefficient (Wildman–Crippen LogP) is 2.54.